The second kappa shape index (κ2) is 6.71. The van der Waals surface area contributed by atoms with Crippen LogP contribution in [0.4, 0.5) is 5.69 Å². The summed E-state index contributed by atoms with van der Waals surface area (Å²) in [6.07, 6.45) is 3.28. The van der Waals surface area contributed by atoms with E-state index in [4.69, 9.17) is 0 Å². The first-order chi connectivity index (χ1) is 11.0. The van der Waals surface area contributed by atoms with Crippen LogP contribution in [0.1, 0.15) is 31.2 Å². The normalized spacial score (nSPS) is 21.3. The Morgan fingerprint density at radius 2 is 2.13 bits per heavy atom. The first-order valence-corrected chi connectivity index (χ1v) is 8.35. The molecule has 0 spiro atoms. The number of likely N-dealkylation sites (N-methyl/N-ethyl adjacent to an activating group) is 1. The summed E-state index contributed by atoms with van der Waals surface area (Å²) in [7, 11) is 1.73. The number of hydrogen-bond acceptors (Lipinski definition) is 3. The zero-order valence-corrected chi connectivity index (χ0v) is 13.5. The third-order valence-electron chi connectivity index (χ3n) is 4.87. The summed E-state index contributed by atoms with van der Waals surface area (Å²) >= 11 is 0. The van der Waals surface area contributed by atoms with Crippen LogP contribution >= 0.6 is 0 Å². The lowest BCUT2D eigenvalue weighted by Crippen LogP contribution is -2.36. The van der Waals surface area contributed by atoms with Crippen molar-refractivity contribution in [2.45, 2.75) is 38.2 Å². The van der Waals surface area contributed by atoms with E-state index in [9.17, 15) is 14.7 Å². The van der Waals surface area contributed by atoms with E-state index in [-0.39, 0.29) is 17.7 Å². The number of para-hydroxylation sites is 1. The van der Waals surface area contributed by atoms with Crippen LogP contribution in [0.2, 0.25) is 0 Å². The van der Waals surface area contributed by atoms with Crippen molar-refractivity contribution in [3.63, 3.8) is 0 Å². The van der Waals surface area contributed by atoms with Crippen LogP contribution in [0, 0.1) is 11.8 Å². The third kappa shape index (κ3) is 3.91. The minimum absolute atomic E-state index is 0.00262. The highest BCUT2D eigenvalue weighted by Gasteiger charge is 2.31. The average molecular weight is 316 g/mol. The van der Waals surface area contributed by atoms with Crippen molar-refractivity contribution in [1.82, 2.24) is 4.90 Å². The van der Waals surface area contributed by atoms with E-state index in [0.717, 1.165) is 24.1 Å². The fourth-order valence-electron chi connectivity index (χ4n) is 3.15. The van der Waals surface area contributed by atoms with E-state index < -0.39 is 6.10 Å². The Hall–Kier alpha value is -1.88. The Morgan fingerprint density at radius 3 is 2.87 bits per heavy atom. The molecule has 2 atom stereocenters. The molecule has 2 amide bonds. The Labute approximate surface area is 136 Å². The molecule has 1 aliphatic carbocycles. The Balaban J connectivity index is 1.49. The number of benzene rings is 1. The SMILES string of the molecule is CN(CC(O)C1CC1)C(=O)CCC1Cc2ccccc2NC1=O. The molecular weight excluding hydrogens is 292 g/mol. The fraction of sp³-hybridized carbons (Fsp3) is 0.556. The molecule has 0 radical (unpaired) electrons. The largest absolute Gasteiger partial charge is 0.391 e. The maximum Gasteiger partial charge on any atom is 0.227 e. The molecule has 0 saturated heterocycles. The predicted octanol–water partition coefficient (Wildman–Crippen LogP) is 1.81. The number of carbonyl (C=O) groups excluding carboxylic acids is 2. The van der Waals surface area contributed by atoms with Gasteiger partial charge in [-0.15, -0.1) is 0 Å². The van der Waals surface area contributed by atoms with Gasteiger partial charge in [-0.3, -0.25) is 9.59 Å². The molecule has 2 unspecified atom stereocenters. The van der Waals surface area contributed by atoms with Crippen molar-refractivity contribution < 1.29 is 14.7 Å². The molecule has 1 fully saturated rings. The second-order valence-electron chi connectivity index (χ2n) is 6.77. The van der Waals surface area contributed by atoms with Gasteiger partial charge in [-0.05, 0) is 43.2 Å². The highest BCUT2D eigenvalue weighted by atomic mass is 16.3. The van der Waals surface area contributed by atoms with Crippen molar-refractivity contribution >= 4 is 17.5 Å². The molecule has 1 aromatic carbocycles. The van der Waals surface area contributed by atoms with Gasteiger partial charge in [0.2, 0.25) is 11.8 Å². The van der Waals surface area contributed by atoms with Gasteiger partial charge < -0.3 is 15.3 Å². The van der Waals surface area contributed by atoms with Crippen LogP contribution in [-0.4, -0.2) is 41.5 Å². The number of rotatable bonds is 6. The molecule has 5 nitrogen and oxygen atoms in total. The fourth-order valence-corrected chi connectivity index (χ4v) is 3.15. The lowest BCUT2D eigenvalue weighted by molar-refractivity contribution is -0.131. The lowest BCUT2D eigenvalue weighted by atomic mass is 9.89. The first-order valence-electron chi connectivity index (χ1n) is 8.35. The number of nitrogens with one attached hydrogen (secondary N) is 1. The number of hydrogen-bond donors (Lipinski definition) is 2. The van der Waals surface area contributed by atoms with Crippen molar-refractivity contribution in [2.24, 2.45) is 11.8 Å². The molecule has 1 aromatic rings. The molecule has 124 valence electrons. The molecule has 1 saturated carbocycles. The summed E-state index contributed by atoms with van der Waals surface area (Å²) in [6.45, 7) is 0.392. The topological polar surface area (TPSA) is 69.6 Å². The van der Waals surface area contributed by atoms with Crippen LogP contribution in [0.25, 0.3) is 0 Å². The van der Waals surface area contributed by atoms with Crippen LogP contribution in [0.3, 0.4) is 0 Å². The number of fused-ring (bicyclic) bond motifs is 1. The van der Waals surface area contributed by atoms with E-state index in [1.54, 1.807) is 11.9 Å². The van der Waals surface area contributed by atoms with Crippen molar-refractivity contribution in [1.29, 1.82) is 0 Å². The van der Waals surface area contributed by atoms with Gasteiger partial charge in [-0.1, -0.05) is 18.2 Å². The molecule has 5 heteroatoms. The number of nitrogens with zero attached hydrogens (tertiary/aromatic N) is 1. The summed E-state index contributed by atoms with van der Waals surface area (Å²) in [5, 5.41) is 12.8. The highest BCUT2D eigenvalue weighted by Crippen LogP contribution is 2.33. The van der Waals surface area contributed by atoms with Gasteiger partial charge in [-0.25, -0.2) is 0 Å². The van der Waals surface area contributed by atoms with Crippen molar-refractivity contribution in [2.75, 3.05) is 18.9 Å². The summed E-state index contributed by atoms with van der Waals surface area (Å²) in [5.41, 5.74) is 2.01. The zero-order chi connectivity index (χ0) is 16.4. The van der Waals surface area contributed by atoms with Gasteiger partial charge in [0.05, 0.1) is 6.10 Å². The highest BCUT2D eigenvalue weighted by molar-refractivity contribution is 5.96. The van der Waals surface area contributed by atoms with Crippen molar-refractivity contribution in [3.05, 3.63) is 29.8 Å². The second-order valence-corrected chi connectivity index (χ2v) is 6.77. The molecule has 1 heterocycles. The smallest absolute Gasteiger partial charge is 0.227 e. The standard InChI is InChI=1S/C18H24N2O3/c1-20(11-16(21)12-6-7-12)17(22)9-8-14-10-13-4-2-3-5-15(13)19-18(14)23/h2-5,12,14,16,21H,6-11H2,1H3,(H,19,23). The summed E-state index contributed by atoms with van der Waals surface area (Å²) < 4.78 is 0. The first kappa shape index (κ1) is 16.0. The molecule has 0 bridgehead atoms. The van der Waals surface area contributed by atoms with Gasteiger partial charge in [0.1, 0.15) is 0 Å². The lowest BCUT2D eigenvalue weighted by Gasteiger charge is -2.25. The van der Waals surface area contributed by atoms with E-state index in [2.05, 4.69) is 5.32 Å². The average Bonchev–Trinajstić information content (AvgIpc) is 3.37. The number of anilines is 1. The monoisotopic (exact) mass is 316 g/mol. The van der Waals surface area contributed by atoms with Crippen LogP contribution in [0.15, 0.2) is 24.3 Å². The van der Waals surface area contributed by atoms with E-state index in [1.807, 2.05) is 24.3 Å². The number of aliphatic hydroxyl groups excluding tert-OH is 1. The quantitative estimate of drug-likeness (QED) is 0.841. The molecule has 0 aromatic heterocycles. The summed E-state index contributed by atoms with van der Waals surface area (Å²) in [6, 6.07) is 7.79. The molecular formula is C18H24N2O3. The summed E-state index contributed by atoms with van der Waals surface area (Å²) in [5.74, 6) is 0.204. The van der Waals surface area contributed by atoms with Gasteiger partial charge in [0, 0.05) is 31.6 Å². The maximum atomic E-state index is 12.2. The maximum absolute atomic E-state index is 12.2. The minimum atomic E-state index is -0.409. The predicted molar refractivity (Wildman–Crippen MR) is 87.9 cm³/mol. The minimum Gasteiger partial charge on any atom is -0.391 e. The van der Waals surface area contributed by atoms with Gasteiger partial charge in [0.15, 0.2) is 0 Å². The molecule has 2 N–H and O–H groups in total. The summed E-state index contributed by atoms with van der Waals surface area (Å²) in [4.78, 5) is 25.9. The number of aliphatic hydroxyl groups is 1. The van der Waals surface area contributed by atoms with Crippen molar-refractivity contribution in [3.8, 4) is 0 Å². The van der Waals surface area contributed by atoms with Crippen LogP contribution < -0.4 is 5.32 Å². The molecule has 3 rings (SSSR count). The van der Waals surface area contributed by atoms with Gasteiger partial charge in [-0.2, -0.15) is 0 Å². The number of carbonyl (C=O) groups is 2. The molecule has 2 aliphatic rings. The zero-order valence-electron chi connectivity index (χ0n) is 13.5. The van der Waals surface area contributed by atoms with Crippen LogP contribution in [0.5, 0.6) is 0 Å². The molecule has 23 heavy (non-hydrogen) atoms. The number of amides is 2. The Morgan fingerprint density at radius 1 is 1.39 bits per heavy atom. The van der Waals surface area contributed by atoms with E-state index in [1.165, 1.54) is 0 Å². The Bertz CT molecular complexity index is 598. The van der Waals surface area contributed by atoms with E-state index in [0.29, 0.717) is 31.7 Å². The molecule has 1 aliphatic heterocycles. The Kier molecular flexibility index (Phi) is 4.66. The van der Waals surface area contributed by atoms with Gasteiger partial charge in [0.25, 0.3) is 0 Å². The van der Waals surface area contributed by atoms with Gasteiger partial charge >= 0.3 is 0 Å². The van der Waals surface area contributed by atoms with E-state index >= 15 is 0 Å². The van der Waals surface area contributed by atoms with Crippen LogP contribution in [-0.2, 0) is 16.0 Å². The third-order valence-corrected chi connectivity index (χ3v) is 4.87.